The van der Waals surface area contributed by atoms with Crippen LogP contribution in [0.4, 0.5) is 11.4 Å². The summed E-state index contributed by atoms with van der Waals surface area (Å²) in [7, 11) is 2.97. The predicted octanol–water partition coefficient (Wildman–Crippen LogP) is 4.86. The van der Waals surface area contributed by atoms with E-state index in [4.69, 9.17) is 21.1 Å². The molecule has 3 aromatic rings. The number of carbonyl (C=O) groups is 2. The Bertz CT molecular complexity index is 1030. The van der Waals surface area contributed by atoms with Crippen molar-refractivity contribution in [1.82, 2.24) is 0 Å². The van der Waals surface area contributed by atoms with Crippen molar-refractivity contribution in [3.8, 4) is 11.5 Å². The zero-order valence-electron chi connectivity index (χ0n) is 15.9. The van der Waals surface area contributed by atoms with E-state index in [-0.39, 0.29) is 11.5 Å². The topological polar surface area (TPSA) is 76.7 Å². The Hall–Kier alpha value is -3.51. The van der Waals surface area contributed by atoms with Gasteiger partial charge in [-0.15, -0.1) is 0 Å². The maximum atomic E-state index is 12.8. The van der Waals surface area contributed by atoms with Gasteiger partial charge in [0.2, 0.25) is 0 Å². The number of amides is 2. The molecule has 3 rings (SSSR count). The van der Waals surface area contributed by atoms with Gasteiger partial charge in [0.1, 0.15) is 17.1 Å². The number of rotatable bonds is 6. The van der Waals surface area contributed by atoms with Gasteiger partial charge in [-0.2, -0.15) is 0 Å². The third-order valence-electron chi connectivity index (χ3n) is 4.12. The molecular formula is C22H19ClN2O4. The Morgan fingerprint density at radius 2 is 1.31 bits per heavy atom. The van der Waals surface area contributed by atoms with Crippen molar-refractivity contribution < 1.29 is 19.1 Å². The second-order valence-electron chi connectivity index (χ2n) is 6.04. The van der Waals surface area contributed by atoms with Gasteiger partial charge >= 0.3 is 0 Å². The number of methoxy groups -OCH3 is 2. The van der Waals surface area contributed by atoms with E-state index in [1.807, 2.05) is 0 Å². The summed E-state index contributed by atoms with van der Waals surface area (Å²) in [4.78, 5) is 25.2. The zero-order chi connectivity index (χ0) is 20.8. The number of nitrogens with one attached hydrogen (secondary N) is 2. The van der Waals surface area contributed by atoms with Crippen molar-refractivity contribution >= 4 is 34.8 Å². The van der Waals surface area contributed by atoms with Gasteiger partial charge in [0, 0.05) is 22.0 Å². The van der Waals surface area contributed by atoms with Gasteiger partial charge in [-0.1, -0.05) is 29.8 Å². The van der Waals surface area contributed by atoms with Crippen LogP contribution in [-0.2, 0) is 0 Å². The average Bonchev–Trinajstić information content (AvgIpc) is 2.73. The number of benzene rings is 3. The van der Waals surface area contributed by atoms with E-state index in [0.29, 0.717) is 33.5 Å². The van der Waals surface area contributed by atoms with Gasteiger partial charge in [0.25, 0.3) is 11.8 Å². The number of hydrogen-bond donors (Lipinski definition) is 2. The van der Waals surface area contributed by atoms with Gasteiger partial charge in [-0.25, -0.2) is 0 Å². The molecule has 0 heterocycles. The van der Waals surface area contributed by atoms with Crippen LogP contribution in [0.3, 0.4) is 0 Å². The molecule has 0 bridgehead atoms. The molecule has 0 unspecified atom stereocenters. The molecule has 148 valence electrons. The molecule has 0 radical (unpaired) electrons. The standard InChI is InChI=1S/C22H19ClN2O4/c1-28-18-10-5-11-19(29-2)20(18)22(27)25-17-9-4-8-16(13-17)24-21(26)14-6-3-7-15(23)12-14/h3-13H,1-2H3,(H,24,26)(H,25,27). The number of hydrogen-bond acceptors (Lipinski definition) is 4. The van der Waals surface area contributed by atoms with Crippen LogP contribution in [0, 0.1) is 0 Å². The van der Waals surface area contributed by atoms with Crippen LogP contribution < -0.4 is 20.1 Å². The van der Waals surface area contributed by atoms with Crippen LogP contribution in [0.15, 0.2) is 66.7 Å². The second-order valence-corrected chi connectivity index (χ2v) is 6.47. The molecule has 0 aliphatic carbocycles. The van der Waals surface area contributed by atoms with Crippen molar-refractivity contribution in [2.75, 3.05) is 24.9 Å². The fraction of sp³-hybridized carbons (Fsp3) is 0.0909. The van der Waals surface area contributed by atoms with E-state index in [9.17, 15) is 9.59 Å². The molecule has 0 fully saturated rings. The smallest absolute Gasteiger partial charge is 0.263 e. The van der Waals surface area contributed by atoms with E-state index in [1.54, 1.807) is 66.7 Å². The largest absolute Gasteiger partial charge is 0.496 e. The highest BCUT2D eigenvalue weighted by Gasteiger charge is 2.18. The molecule has 3 aromatic carbocycles. The van der Waals surface area contributed by atoms with E-state index in [2.05, 4.69) is 10.6 Å². The van der Waals surface area contributed by atoms with E-state index < -0.39 is 5.91 Å². The fourth-order valence-corrected chi connectivity index (χ4v) is 2.97. The number of anilines is 2. The Balaban J connectivity index is 1.78. The second kappa shape index (κ2) is 9.12. The summed E-state index contributed by atoms with van der Waals surface area (Å²) in [5, 5.41) is 6.06. The van der Waals surface area contributed by atoms with Gasteiger partial charge in [-0.05, 0) is 48.5 Å². The highest BCUT2D eigenvalue weighted by molar-refractivity contribution is 6.31. The molecular weight excluding hydrogens is 392 g/mol. The molecule has 2 N–H and O–H groups in total. The van der Waals surface area contributed by atoms with Crippen molar-refractivity contribution in [2.24, 2.45) is 0 Å². The quantitative estimate of drug-likeness (QED) is 0.608. The van der Waals surface area contributed by atoms with Crippen LogP contribution in [0.25, 0.3) is 0 Å². The van der Waals surface area contributed by atoms with Crippen molar-refractivity contribution in [3.05, 3.63) is 82.9 Å². The molecule has 6 nitrogen and oxygen atoms in total. The van der Waals surface area contributed by atoms with Gasteiger partial charge < -0.3 is 20.1 Å². The molecule has 0 aliphatic heterocycles. The Morgan fingerprint density at radius 3 is 1.90 bits per heavy atom. The molecule has 0 aliphatic rings. The molecule has 0 saturated heterocycles. The molecule has 7 heteroatoms. The lowest BCUT2D eigenvalue weighted by atomic mass is 10.1. The molecule has 0 spiro atoms. The number of halogens is 1. The lowest BCUT2D eigenvalue weighted by Gasteiger charge is -2.13. The normalized spacial score (nSPS) is 10.2. The summed E-state index contributed by atoms with van der Waals surface area (Å²) in [5.74, 6) is 0.0968. The fourth-order valence-electron chi connectivity index (χ4n) is 2.78. The SMILES string of the molecule is COc1cccc(OC)c1C(=O)Nc1cccc(NC(=O)c2cccc(Cl)c2)c1. The molecule has 0 aromatic heterocycles. The summed E-state index contributed by atoms with van der Waals surface area (Å²) in [5.41, 5.74) is 1.75. The third-order valence-corrected chi connectivity index (χ3v) is 4.36. The molecule has 0 saturated carbocycles. The highest BCUT2D eigenvalue weighted by atomic mass is 35.5. The monoisotopic (exact) mass is 410 g/mol. The average molecular weight is 411 g/mol. The maximum absolute atomic E-state index is 12.8. The summed E-state index contributed by atoms with van der Waals surface area (Å²) in [6.45, 7) is 0. The molecule has 0 atom stereocenters. The van der Waals surface area contributed by atoms with E-state index in [1.165, 1.54) is 14.2 Å². The van der Waals surface area contributed by atoms with Crippen LogP contribution in [0.5, 0.6) is 11.5 Å². The molecule has 2 amide bonds. The lowest BCUT2D eigenvalue weighted by molar-refractivity contribution is 0.101. The third kappa shape index (κ3) is 4.86. The minimum absolute atomic E-state index is 0.283. The minimum atomic E-state index is -0.391. The van der Waals surface area contributed by atoms with Crippen LogP contribution in [-0.4, -0.2) is 26.0 Å². The van der Waals surface area contributed by atoms with Crippen LogP contribution >= 0.6 is 11.6 Å². The first-order valence-corrected chi connectivity index (χ1v) is 9.09. The lowest BCUT2D eigenvalue weighted by Crippen LogP contribution is -2.15. The van der Waals surface area contributed by atoms with Crippen LogP contribution in [0.2, 0.25) is 5.02 Å². The Labute approximate surface area is 173 Å². The first-order chi connectivity index (χ1) is 14.0. The first-order valence-electron chi connectivity index (χ1n) is 8.71. The van der Waals surface area contributed by atoms with E-state index in [0.717, 1.165) is 0 Å². The Morgan fingerprint density at radius 1 is 0.759 bits per heavy atom. The van der Waals surface area contributed by atoms with Gasteiger partial charge in [0.05, 0.1) is 14.2 Å². The van der Waals surface area contributed by atoms with E-state index >= 15 is 0 Å². The van der Waals surface area contributed by atoms with Crippen molar-refractivity contribution in [2.45, 2.75) is 0 Å². The van der Waals surface area contributed by atoms with Crippen molar-refractivity contribution in [3.63, 3.8) is 0 Å². The van der Waals surface area contributed by atoms with Crippen molar-refractivity contribution in [1.29, 1.82) is 0 Å². The predicted molar refractivity (Wildman–Crippen MR) is 113 cm³/mol. The minimum Gasteiger partial charge on any atom is -0.496 e. The first kappa shape index (κ1) is 20.2. The summed E-state index contributed by atoms with van der Waals surface area (Å²) >= 11 is 5.93. The summed E-state index contributed by atoms with van der Waals surface area (Å²) < 4.78 is 10.5. The van der Waals surface area contributed by atoms with Gasteiger partial charge in [0.15, 0.2) is 0 Å². The number of carbonyl (C=O) groups excluding carboxylic acids is 2. The summed E-state index contributed by atoms with van der Waals surface area (Å²) in [6.07, 6.45) is 0. The maximum Gasteiger partial charge on any atom is 0.263 e. The van der Waals surface area contributed by atoms with Crippen LogP contribution in [0.1, 0.15) is 20.7 Å². The highest BCUT2D eigenvalue weighted by Crippen LogP contribution is 2.29. The molecule has 29 heavy (non-hydrogen) atoms. The number of ether oxygens (including phenoxy) is 2. The zero-order valence-corrected chi connectivity index (χ0v) is 16.6. The summed E-state index contributed by atoms with van der Waals surface area (Å²) in [6, 6.07) is 18.6. The Kier molecular flexibility index (Phi) is 6.36. The van der Waals surface area contributed by atoms with Gasteiger partial charge in [-0.3, -0.25) is 9.59 Å².